The number of hydrogen-bond donors (Lipinski definition) is 0. The summed E-state index contributed by atoms with van der Waals surface area (Å²) in [5, 5.41) is 0. The maximum absolute atomic E-state index is 12.8. The fourth-order valence-electron chi connectivity index (χ4n) is 3.94. The van der Waals surface area contributed by atoms with Gasteiger partial charge >= 0.3 is 0 Å². The molecule has 1 heterocycles. The molecule has 20 heavy (non-hydrogen) atoms. The topological polar surface area (TPSA) is 37.4 Å². The van der Waals surface area contributed by atoms with E-state index >= 15 is 0 Å². The summed E-state index contributed by atoms with van der Waals surface area (Å²) in [5.41, 5.74) is 0.747. The van der Waals surface area contributed by atoms with Crippen LogP contribution in [0.3, 0.4) is 0 Å². The third-order valence-corrected chi connectivity index (χ3v) is 5.76. The molecule has 5 rings (SSSR count). The predicted molar refractivity (Wildman–Crippen MR) is 84.0 cm³/mol. The van der Waals surface area contributed by atoms with Crippen LogP contribution in [-0.2, 0) is 9.59 Å². The number of hydrogen-bond acceptors (Lipinski definition) is 2. The zero-order chi connectivity index (χ0) is 13.9. The van der Waals surface area contributed by atoms with Crippen LogP contribution in [0.15, 0.2) is 36.4 Å². The van der Waals surface area contributed by atoms with E-state index in [0.29, 0.717) is 0 Å². The number of nitrogens with zero attached hydrogens (tertiary/aromatic N) is 1. The van der Waals surface area contributed by atoms with Crippen LogP contribution in [0.4, 0.5) is 5.69 Å². The Hall–Kier alpha value is -1.17. The highest BCUT2D eigenvalue weighted by molar-refractivity contribution is 14.1. The van der Waals surface area contributed by atoms with E-state index in [9.17, 15) is 9.59 Å². The van der Waals surface area contributed by atoms with Crippen LogP contribution in [0.25, 0.3) is 0 Å². The van der Waals surface area contributed by atoms with Crippen LogP contribution in [0.2, 0.25) is 0 Å². The molecule has 0 spiro atoms. The molecule has 0 N–H and O–H groups in total. The molecule has 3 nitrogen and oxygen atoms in total. The number of para-hydroxylation sites is 1. The number of fused-ring (bicyclic) bond motifs is 1. The number of halogens is 1. The van der Waals surface area contributed by atoms with E-state index in [-0.39, 0.29) is 35.5 Å². The first-order valence-corrected chi connectivity index (χ1v) is 8.07. The van der Waals surface area contributed by atoms with Crippen molar-refractivity contribution in [2.45, 2.75) is 12.8 Å². The number of rotatable bonds is 1. The fraction of sp³-hybridized carbons (Fsp3) is 0.375. The molecular formula is C16H14INO2. The van der Waals surface area contributed by atoms with Crippen molar-refractivity contribution < 1.29 is 9.59 Å². The van der Waals surface area contributed by atoms with E-state index in [2.05, 4.69) is 34.7 Å². The monoisotopic (exact) mass is 379 g/mol. The molecule has 2 amide bonds. The molecule has 2 fully saturated rings. The lowest BCUT2D eigenvalue weighted by atomic mass is 9.63. The van der Waals surface area contributed by atoms with Gasteiger partial charge in [0, 0.05) is 3.57 Å². The average Bonchev–Trinajstić information content (AvgIpc) is 2.75. The van der Waals surface area contributed by atoms with Crippen LogP contribution in [0.1, 0.15) is 12.8 Å². The van der Waals surface area contributed by atoms with Crippen molar-refractivity contribution in [2.75, 3.05) is 4.90 Å². The maximum atomic E-state index is 12.8. The molecule has 1 saturated carbocycles. The second-order valence-corrected chi connectivity index (χ2v) is 6.97. The van der Waals surface area contributed by atoms with E-state index in [1.165, 1.54) is 4.90 Å². The first kappa shape index (κ1) is 12.6. The lowest BCUT2D eigenvalue weighted by Gasteiger charge is -2.38. The van der Waals surface area contributed by atoms with Crippen LogP contribution in [-0.4, -0.2) is 11.8 Å². The Bertz CT molecular complexity index is 607. The predicted octanol–water partition coefficient (Wildman–Crippen LogP) is 2.99. The minimum Gasteiger partial charge on any atom is -0.274 e. The van der Waals surface area contributed by atoms with Crippen molar-refractivity contribution in [3.8, 4) is 0 Å². The summed E-state index contributed by atoms with van der Waals surface area (Å²) in [6.45, 7) is 0. The van der Waals surface area contributed by atoms with E-state index in [0.717, 1.165) is 22.1 Å². The lowest BCUT2D eigenvalue weighted by Crippen LogP contribution is -2.38. The van der Waals surface area contributed by atoms with Crippen LogP contribution in [0.5, 0.6) is 0 Å². The van der Waals surface area contributed by atoms with E-state index in [4.69, 9.17) is 0 Å². The standard InChI is InChI=1S/C16H14INO2/c17-11-3-1-2-4-12(11)18-15(19)13-9-5-6-10(8-7-9)14(13)16(18)20/h1-6,9-10,13-14H,7-8H2/t9-,10-,13-,14-/m1/s1. The van der Waals surface area contributed by atoms with Gasteiger partial charge in [-0.15, -0.1) is 0 Å². The Labute approximate surface area is 131 Å². The molecule has 1 aromatic carbocycles. The van der Waals surface area contributed by atoms with Gasteiger partial charge in [-0.1, -0.05) is 24.3 Å². The summed E-state index contributed by atoms with van der Waals surface area (Å²) in [7, 11) is 0. The molecule has 0 radical (unpaired) electrons. The van der Waals surface area contributed by atoms with Gasteiger partial charge in [0.05, 0.1) is 17.5 Å². The summed E-state index contributed by atoms with van der Waals surface area (Å²) in [4.78, 5) is 27.0. The van der Waals surface area contributed by atoms with Crippen LogP contribution >= 0.6 is 22.6 Å². The SMILES string of the molecule is O=C1[C@H]2[C@H](C(=O)N1c1ccccc1I)[C@@H]1C=C[C@@H]2CC1. The minimum atomic E-state index is -0.123. The second kappa shape index (κ2) is 4.41. The third-order valence-electron chi connectivity index (χ3n) is 4.85. The smallest absolute Gasteiger partial charge is 0.238 e. The van der Waals surface area contributed by atoms with Crippen molar-refractivity contribution in [2.24, 2.45) is 23.7 Å². The summed E-state index contributed by atoms with van der Waals surface area (Å²) in [5.74, 6) is 0.275. The van der Waals surface area contributed by atoms with Gasteiger partial charge in [-0.2, -0.15) is 0 Å². The van der Waals surface area contributed by atoms with Crippen molar-refractivity contribution in [1.29, 1.82) is 0 Å². The molecule has 2 bridgehead atoms. The Morgan fingerprint density at radius 1 is 0.950 bits per heavy atom. The Balaban J connectivity index is 1.80. The quantitative estimate of drug-likeness (QED) is 0.428. The number of carbonyl (C=O) groups is 2. The van der Waals surface area contributed by atoms with Gasteiger partial charge in [-0.3, -0.25) is 9.59 Å². The molecule has 4 heteroatoms. The number of anilines is 1. The van der Waals surface area contributed by atoms with E-state index in [1.54, 1.807) is 0 Å². The van der Waals surface area contributed by atoms with Crippen LogP contribution in [0, 0.1) is 27.2 Å². The molecular weight excluding hydrogens is 365 g/mol. The van der Waals surface area contributed by atoms with Crippen molar-refractivity contribution in [3.63, 3.8) is 0 Å². The highest BCUT2D eigenvalue weighted by atomic mass is 127. The molecule has 102 valence electrons. The molecule has 1 aromatic rings. The summed E-state index contributed by atoms with van der Waals surface area (Å²) in [6, 6.07) is 7.61. The Morgan fingerprint density at radius 2 is 1.50 bits per heavy atom. The summed E-state index contributed by atoms with van der Waals surface area (Å²) in [6.07, 6.45) is 6.39. The Morgan fingerprint density at radius 3 is 2.00 bits per heavy atom. The van der Waals surface area contributed by atoms with Gasteiger partial charge in [0.1, 0.15) is 0 Å². The van der Waals surface area contributed by atoms with Gasteiger partial charge in [-0.25, -0.2) is 4.90 Å². The molecule has 1 aliphatic heterocycles. The van der Waals surface area contributed by atoms with Gasteiger partial charge in [0.2, 0.25) is 11.8 Å². The van der Waals surface area contributed by atoms with Crippen molar-refractivity contribution in [3.05, 3.63) is 40.0 Å². The number of carbonyl (C=O) groups excluding carboxylic acids is 2. The second-order valence-electron chi connectivity index (χ2n) is 5.80. The number of imide groups is 1. The Kier molecular flexibility index (Phi) is 2.77. The zero-order valence-corrected chi connectivity index (χ0v) is 13.0. The highest BCUT2D eigenvalue weighted by Gasteiger charge is 2.57. The molecule has 0 aromatic heterocycles. The molecule has 4 aliphatic rings. The summed E-state index contributed by atoms with van der Waals surface area (Å²) < 4.78 is 0.950. The van der Waals surface area contributed by atoms with Crippen LogP contribution < -0.4 is 4.90 Å². The van der Waals surface area contributed by atoms with Gasteiger partial charge in [0.25, 0.3) is 0 Å². The molecule has 1 saturated heterocycles. The highest BCUT2D eigenvalue weighted by Crippen LogP contribution is 2.50. The minimum absolute atomic E-state index is 0.00293. The molecule has 0 unspecified atom stereocenters. The van der Waals surface area contributed by atoms with Gasteiger partial charge in [-0.05, 0) is 59.4 Å². The number of benzene rings is 1. The first-order valence-electron chi connectivity index (χ1n) is 6.99. The van der Waals surface area contributed by atoms with E-state index < -0.39 is 0 Å². The molecule has 4 atom stereocenters. The fourth-order valence-corrected chi connectivity index (χ4v) is 4.57. The van der Waals surface area contributed by atoms with Crippen molar-refractivity contribution >= 4 is 40.1 Å². The maximum Gasteiger partial charge on any atom is 0.238 e. The normalized spacial score (nSPS) is 34.8. The van der Waals surface area contributed by atoms with E-state index in [1.807, 2.05) is 24.3 Å². The molecule has 3 aliphatic carbocycles. The average molecular weight is 379 g/mol. The zero-order valence-electron chi connectivity index (χ0n) is 10.8. The number of allylic oxidation sites excluding steroid dienone is 2. The van der Waals surface area contributed by atoms with Gasteiger partial charge in [0.15, 0.2) is 0 Å². The van der Waals surface area contributed by atoms with Gasteiger partial charge < -0.3 is 0 Å². The lowest BCUT2D eigenvalue weighted by molar-refractivity contribution is -0.124. The van der Waals surface area contributed by atoms with Crippen molar-refractivity contribution in [1.82, 2.24) is 0 Å². The largest absolute Gasteiger partial charge is 0.274 e. The summed E-state index contributed by atoms with van der Waals surface area (Å²) >= 11 is 2.19. The third kappa shape index (κ3) is 1.57. The first-order chi connectivity index (χ1) is 9.68. The number of amides is 2.